The highest BCUT2D eigenvalue weighted by Crippen LogP contribution is 2.30. The molecule has 29 heavy (non-hydrogen) atoms. The molecule has 0 fully saturated rings. The van der Waals surface area contributed by atoms with Crippen molar-refractivity contribution in [3.05, 3.63) is 64.8 Å². The van der Waals surface area contributed by atoms with Gasteiger partial charge in [0, 0.05) is 17.6 Å². The Bertz CT molecular complexity index is 1070. The first-order valence-electron chi connectivity index (χ1n) is 9.16. The van der Waals surface area contributed by atoms with Gasteiger partial charge in [-0.05, 0) is 30.7 Å². The molecule has 7 nitrogen and oxygen atoms in total. The van der Waals surface area contributed by atoms with Crippen LogP contribution in [0.25, 0.3) is 17.3 Å². The van der Waals surface area contributed by atoms with E-state index in [9.17, 15) is 4.79 Å². The molecule has 0 atom stereocenters. The standard InChI is InChI=1S/C20H19N5O2S2/c1-2-10-21-19(26)15-12-28-17(22-15)13-29-20-24-23-18(16-9-6-11-27-16)25(20)14-7-4-3-5-8-14/h3-9,11-12H,2,10,13H2,1H3,(H,21,26). The molecule has 4 aromatic rings. The number of carbonyl (C=O) groups excluding carboxylic acids is 1. The Morgan fingerprint density at radius 3 is 2.83 bits per heavy atom. The highest BCUT2D eigenvalue weighted by molar-refractivity contribution is 7.98. The van der Waals surface area contributed by atoms with Crippen molar-refractivity contribution < 1.29 is 9.21 Å². The van der Waals surface area contributed by atoms with Crippen LogP contribution in [0.15, 0.2) is 63.7 Å². The quantitative estimate of drug-likeness (QED) is 0.421. The van der Waals surface area contributed by atoms with Crippen molar-refractivity contribution in [2.75, 3.05) is 6.54 Å². The smallest absolute Gasteiger partial charge is 0.270 e. The number of para-hydroxylation sites is 1. The van der Waals surface area contributed by atoms with Crippen molar-refractivity contribution in [3.63, 3.8) is 0 Å². The fourth-order valence-electron chi connectivity index (χ4n) is 2.68. The van der Waals surface area contributed by atoms with Crippen molar-refractivity contribution in [2.24, 2.45) is 0 Å². The fourth-order valence-corrected chi connectivity index (χ4v) is 4.42. The molecular formula is C20H19N5O2S2. The first-order valence-corrected chi connectivity index (χ1v) is 11.0. The van der Waals surface area contributed by atoms with Crippen molar-refractivity contribution in [1.82, 2.24) is 25.1 Å². The maximum Gasteiger partial charge on any atom is 0.270 e. The lowest BCUT2D eigenvalue weighted by Crippen LogP contribution is -2.24. The van der Waals surface area contributed by atoms with Crippen LogP contribution in [0.3, 0.4) is 0 Å². The van der Waals surface area contributed by atoms with Gasteiger partial charge in [-0.2, -0.15) is 0 Å². The Hall–Kier alpha value is -2.91. The zero-order valence-corrected chi connectivity index (χ0v) is 17.4. The molecule has 148 valence electrons. The van der Waals surface area contributed by atoms with Crippen molar-refractivity contribution in [3.8, 4) is 17.3 Å². The lowest BCUT2D eigenvalue weighted by Gasteiger charge is -2.08. The number of aromatic nitrogens is 4. The largest absolute Gasteiger partial charge is 0.461 e. The number of nitrogens with one attached hydrogen (secondary N) is 1. The Kier molecular flexibility index (Phi) is 6.06. The van der Waals surface area contributed by atoms with Crippen LogP contribution in [0.5, 0.6) is 0 Å². The molecule has 0 aliphatic heterocycles. The number of thiazole rings is 1. The predicted octanol–water partition coefficient (Wildman–Crippen LogP) is 4.42. The van der Waals surface area contributed by atoms with E-state index in [1.54, 1.807) is 11.6 Å². The molecular weight excluding hydrogens is 406 g/mol. The second kappa shape index (κ2) is 9.06. The normalized spacial score (nSPS) is 10.9. The number of hydrogen-bond acceptors (Lipinski definition) is 7. The SMILES string of the molecule is CCCNC(=O)c1csc(CSc2nnc(-c3ccco3)n2-c2ccccc2)n1. The summed E-state index contributed by atoms with van der Waals surface area (Å²) in [6.07, 6.45) is 2.51. The van der Waals surface area contributed by atoms with Crippen molar-refractivity contribution in [1.29, 1.82) is 0 Å². The Labute approximate surface area is 176 Å². The number of benzene rings is 1. The fraction of sp³-hybridized carbons (Fsp3) is 0.200. The zero-order valence-electron chi connectivity index (χ0n) is 15.7. The summed E-state index contributed by atoms with van der Waals surface area (Å²) in [4.78, 5) is 16.5. The molecule has 1 N–H and O–H groups in total. The molecule has 1 aromatic carbocycles. The number of amides is 1. The van der Waals surface area contributed by atoms with E-state index < -0.39 is 0 Å². The first-order chi connectivity index (χ1) is 14.3. The van der Waals surface area contributed by atoms with Crippen LogP contribution >= 0.6 is 23.1 Å². The number of thioether (sulfide) groups is 1. The van der Waals surface area contributed by atoms with Gasteiger partial charge in [-0.1, -0.05) is 36.9 Å². The van der Waals surface area contributed by atoms with Crippen molar-refractivity contribution >= 4 is 29.0 Å². The van der Waals surface area contributed by atoms with Crippen LogP contribution in [-0.2, 0) is 5.75 Å². The molecule has 1 amide bonds. The highest BCUT2D eigenvalue weighted by Gasteiger charge is 2.19. The van der Waals surface area contributed by atoms with Gasteiger partial charge in [-0.15, -0.1) is 21.5 Å². The van der Waals surface area contributed by atoms with Crippen LogP contribution < -0.4 is 5.32 Å². The van der Waals surface area contributed by atoms with Gasteiger partial charge in [-0.3, -0.25) is 9.36 Å². The monoisotopic (exact) mass is 425 g/mol. The summed E-state index contributed by atoms with van der Waals surface area (Å²) in [6.45, 7) is 2.67. The maximum absolute atomic E-state index is 12.1. The van der Waals surface area contributed by atoms with Crippen LogP contribution in [0.1, 0.15) is 28.8 Å². The van der Waals surface area contributed by atoms with E-state index in [2.05, 4.69) is 20.5 Å². The summed E-state index contributed by atoms with van der Waals surface area (Å²) in [5.74, 6) is 1.75. The van der Waals surface area contributed by atoms with E-state index in [1.165, 1.54) is 23.1 Å². The third-order valence-electron chi connectivity index (χ3n) is 4.03. The number of furan rings is 1. The van der Waals surface area contributed by atoms with Crippen molar-refractivity contribution in [2.45, 2.75) is 24.3 Å². The van der Waals surface area contributed by atoms with Gasteiger partial charge < -0.3 is 9.73 Å². The average Bonchev–Trinajstić information content (AvgIpc) is 3.51. The summed E-state index contributed by atoms with van der Waals surface area (Å²) < 4.78 is 7.50. The minimum Gasteiger partial charge on any atom is -0.461 e. The minimum atomic E-state index is -0.132. The molecule has 3 heterocycles. The molecule has 0 saturated carbocycles. The summed E-state index contributed by atoms with van der Waals surface area (Å²) in [5, 5.41) is 14.9. The summed E-state index contributed by atoms with van der Waals surface area (Å²) in [7, 11) is 0. The molecule has 0 spiro atoms. The number of carbonyl (C=O) groups is 1. The van der Waals surface area contributed by atoms with Gasteiger partial charge in [0.15, 0.2) is 10.9 Å². The molecule has 0 aliphatic rings. The third-order valence-corrected chi connectivity index (χ3v) is 6.01. The first kappa shape index (κ1) is 19.4. The van der Waals surface area contributed by atoms with Crippen LogP contribution in [0.2, 0.25) is 0 Å². The summed E-state index contributed by atoms with van der Waals surface area (Å²) in [6, 6.07) is 13.6. The highest BCUT2D eigenvalue weighted by atomic mass is 32.2. The molecule has 0 aliphatic carbocycles. The molecule has 4 rings (SSSR count). The van der Waals surface area contributed by atoms with Gasteiger partial charge in [0.2, 0.25) is 5.82 Å². The molecule has 9 heteroatoms. The maximum atomic E-state index is 12.1. The average molecular weight is 426 g/mol. The molecule has 0 unspecified atom stereocenters. The molecule has 0 saturated heterocycles. The van der Waals surface area contributed by atoms with Crippen LogP contribution in [-0.4, -0.2) is 32.2 Å². The molecule has 3 aromatic heterocycles. The third kappa shape index (κ3) is 4.41. The number of nitrogens with zero attached hydrogens (tertiary/aromatic N) is 4. The summed E-state index contributed by atoms with van der Waals surface area (Å²) >= 11 is 2.99. The zero-order chi connectivity index (χ0) is 20.1. The van der Waals surface area contributed by atoms with E-state index in [-0.39, 0.29) is 5.91 Å². The number of hydrogen-bond donors (Lipinski definition) is 1. The predicted molar refractivity (Wildman–Crippen MR) is 113 cm³/mol. The van der Waals surface area contributed by atoms with E-state index in [0.717, 1.165) is 22.3 Å². The van der Waals surface area contributed by atoms with Gasteiger partial charge in [0.25, 0.3) is 5.91 Å². The Balaban J connectivity index is 1.55. The minimum absolute atomic E-state index is 0.132. The van der Waals surface area contributed by atoms with E-state index in [4.69, 9.17) is 4.42 Å². The van der Waals surface area contributed by atoms with Gasteiger partial charge in [0.05, 0.1) is 12.0 Å². The topological polar surface area (TPSA) is 85.8 Å². The molecule has 0 bridgehead atoms. The lowest BCUT2D eigenvalue weighted by molar-refractivity contribution is 0.0949. The van der Waals surface area contributed by atoms with Gasteiger partial charge >= 0.3 is 0 Å². The number of rotatable bonds is 8. The second-order valence-corrected chi connectivity index (χ2v) is 8.01. The van der Waals surface area contributed by atoms with Gasteiger partial charge in [0.1, 0.15) is 10.7 Å². The second-order valence-electron chi connectivity index (χ2n) is 6.13. The summed E-state index contributed by atoms with van der Waals surface area (Å²) in [5.41, 5.74) is 1.41. The van der Waals surface area contributed by atoms with Crippen LogP contribution in [0, 0.1) is 0 Å². The van der Waals surface area contributed by atoms with E-state index in [1.807, 2.05) is 54.0 Å². The Morgan fingerprint density at radius 1 is 1.21 bits per heavy atom. The lowest BCUT2D eigenvalue weighted by atomic mass is 10.3. The Morgan fingerprint density at radius 2 is 2.07 bits per heavy atom. The van der Waals surface area contributed by atoms with Gasteiger partial charge in [-0.25, -0.2) is 4.98 Å². The molecule has 0 radical (unpaired) electrons. The van der Waals surface area contributed by atoms with E-state index in [0.29, 0.717) is 29.6 Å². The van der Waals surface area contributed by atoms with Crippen LogP contribution in [0.4, 0.5) is 0 Å². The van der Waals surface area contributed by atoms with E-state index >= 15 is 0 Å².